The highest BCUT2D eigenvalue weighted by Gasteiger charge is 2.31. The first-order valence-electron chi connectivity index (χ1n) is 6.85. The van der Waals surface area contributed by atoms with Gasteiger partial charge in [-0.3, -0.25) is 14.4 Å². The van der Waals surface area contributed by atoms with Crippen LogP contribution in [0.4, 0.5) is 0 Å². The number of esters is 2. The van der Waals surface area contributed by atoms with Crippen LogP contribution in [0.15, 0.2) is 24.3 Å². The van der Waals surface area contributed by atoms with Crippen LogP contribution < -0.4 is 0 Å². The number of hydrogen-bond acceptors (Lipinski definition) is 5. The average Bonchev–Trinajstić information content (AvgIpc) is 3.36. The van der Waals surface area contributed by atoms with Crippen LogP contribution in [0.5, 0.6) is 0 Å². The van der Waals surface area contributed by atoms with Gasteiger partial charge < -0.3 is 9.47 Å². The molecule has 0 aliphatic heterocycles. The summed E-state index contributed by atoms with van der Waals surface area (Å²) in [5.74, 6) is -1.89. The van der Waals surface area contributed by atoms with Gasteiger partial charge in [0, 0.05) is 11.5 Å². The lowest BCUT2D eigenvalue weighted by Crippen LogP contribution is -2.28. The van der Waals surface area contributed by atoms with Crippen molar-refractivity contribution in [1.82, 2.24) is 0 Å². The summed E-state index contributed by atoms with van der Waals surface area (Å²) in [5.41, 5.74) is 1.46. The Morgan fingerprint density at radius 3 is 2.00 bits per heavy atom. The topological polar surface area (TPSA) is 69.7 Å². The molecule has 0 radical (unpaired) electrons. The summed E-state index contributed by atoms with van der Waals surface area (Å²) in [7, 11) is 2.46. The zero-order chi connectivity index (χ0) is 15.4. The van der Waals surface area contributed by atoms with Crippen LogP contribution in [0.2, 0.25) is 0 Å². The van der Waals surface area contributed by atoms with Crippen LogP contribution in [0, 0.1) is 11.8 Å². The molecule has 0 bridgehead atoms. The van der Waals surface area contributed by atoms with E-state index in [-0.39, 0.29) is 18.1 Å². The Bertz CT molecular complexity index is 526. The molecule has 1 saturated carbocycles. The zero-order valence-corrected chi connectivity index (χ0v) is 12.1. The molecule has 1 aliphatic carbocycles. The molecule has 1 aromatic carbocycles. The molecule has 0 unspecified atom stereocenters. The lowest BCUT2D eigenvalue weighted by molar-refractivity contribution is -0.158. The fraction of sp³-hybridized carbons (Fsp3) is 0.438. The van der Waals surface area contributed by atoms with Gasteiger partial charge in [0.1, 0.15) is 0 Å². The maximum absolute atomic E-state index is 11.9. The van der Waals surface area contributed by atoms with Crippen molar-refractivity contribution in [2.24, 2.45) is 11.8 Å². The number of hydrogen-bond donors (Lipinski definition) is 0. The quantitative estimate of drug-likeness (QED) is 0.454. The highest BCUT2D eigenvalue weighted by atomic mass is 16.5. The van der Waals surface area contributed by atoms with Gasteiger partial charge in [0.15, 0.2) is 11.7 Å². The van der Waals surface area contributed by atoms with E-state index in [1.54, 1.807) is 24.3 Å². The van der Waals surface area contributed by atoms with Gasteiger partial charge in [-0.15, -0.1) is 0 Å². The zero-order valence-electron chi connectivity index (χ0n) is 12.1. The summed E-state index contributed by atoms with van der Waals surface area (Å²) in [4.78, 5) is 35.1. The van der Waals surface area contributed by atoms with E-state index in [0.717, 1.165) is 18.4 Å². The number of carbonyl (C=O) groups is 3. The summed E-state index contributed by atoms with van der Waals surface area (Å²) >= 11 is 0. The molecular formula is C16H18O5. The number of ether oxygens (including phenoxy) is 2. The summed E-state index contributed by atoms with van der Waals surface area (Å²) < 4.78 is 9.23. The van der Waals surface area contributed by atoms with E-state index >= 15 is 0 Å². The molecule has 112 valence electrons. The molecule has 0 saturated heterocycles. The van der Waals surface area contributed by atoms with Gasteiger partial charge in [-0.2, -0.15) is 0 Å². The predicted octanol–water partition coefficient (Wildman–Crippen LogP) is 1.78. The fourth-order valence-corrected chi connectivity index (χ4v) is 2.17. The van der Waals surface area contributed by atoms with Gasteiger partial charge in [0.2, 0.25) is 0 Å². The number of rotatable bonds is 6. The largest absolute Gasteiger partial charge is 0.468 e. The van der Waals surface area contributed by atoms with Crippen molar-refractivity contribution in [3.8, 4) is 0 Å². The first-order chi connectivity index (χ1) is 10.1. The van der Waals surface area contributed by atoms with Crippen LogP contribution >= 0.6 is 0 Å². The summed E-state index contributed by atoms with van der Waals surface area (Å²) in [6.45, 7) is 0. The van der Waals surface area contributed by atoms with Crippen molar-refractivity contribution in [1.29, 1.82) is 0 Å². The van der Waals surface area contributed by atoms with Gasteiger partial charge >= 0.3 is 11.9 Å². The summed E-state index contributed by atoms with van der Waals surface area (Å²) in [6.07, 6.45) is 2.12. The Morgan fingerprint density at radius 1 is 1.05 bits per heavy atom. The molecule has 1 aliphatic rings. The SMILES string of the molecule is COC(=O)C(Cc1ccc(C(=O)C2CC2)cc1)C(=O)OC. The number of Topliss-reactive ketones (excluding diaryl/α,β-unsaturated/α-hetero) is 1. The van der Waals surface area contributed by atoms with E-state index in [0.29, 0.717) is 5.56 Å². The molecule has 21 heavy (non-hydrogen) atoms. The Balaban J connectivity index is 2.08. The number of benzene rings is 1. The van der Waals surface area contributed by atoms with E-state index in [9.17, 15) is 14.4 Å². The van der Waals surface area contributed by atoms with Crippen molar-refractivity contribution >= 4 is 17.7 Å². The highest BCUT2D eigenvalue weighted by molar-refractivity contribution is 5.99. The molecule has 1 fully saturated rings. The third-order valence-corrected chi connectivity index (χ3v) is 3.60. The first-order valence-corrected chi connectivity index (χ1v) is 6.85. The van der Waals surface area contributed by atoms with Crippen LogP contribution in [0.1, 0.15) is 28.8 Å². The Labute approximate surface area is 123 Å². The molecule has 0 amide bonds. The van der Waals surface area contributed by atoms with Crippen LogP contribution in [0.3, 0.4) is 0 Å². The standard InChI is InChI=1S/C16H18O5/c1-20-15(18)13(16(19)21-2)9-10-3-5-11(6-4-10)14(17)12-7-8-12/h3-6,12-13H,7-9H2,1-2H3. The Morgan fingerprint density at radius 2 is 1.57 bits per heavy atom. The maximum atomic E-state index is 11.9. The molecule has 5 nitrogen and oxygen atoms in total. The second kappa shape index (κ2) is 6.52. The molecule has 0 heterocycles. The maximum Gasteiger partial charge on any atom is 0.320 e. The minimum atomic E-state index is -0.981. The third-order valence-electron chi connectivity index (χ3n) is 3.60. The highest BCUT2D eigenvalue weighted by Crippen LogP contribution is 2.32. The Kier molecular flexibility index (Phi) is 4.73. The van der Waals surface area contributed by atoms with Crippen molar-refractivity contribution in [2.75, 3.05) is 14.2 Å². The lowest BCUT2D eigenvalue weighted by Gasteiger charge is -2.12. The van der Waals surface area contributed by atoms with E-state index in [4.69, 9.17) is 0 Å². The smallest absolute Gasteiger partial charge is 0.320 e. The van der Waals surface area contributed by atoms with Crippen LogP contribution in [-0.2, 0) is 25.5 Å². The summed E-state index contributed by atoms with van der Waals surface area (Å²) in [6, 6.07) is 6.99. The van der Waals surface area contributed by atoms with E-state index < -0.39 is 17.9 Å². The molecule has 0 spiro atoms. The molecule has 0 atom stereocenters. The van der Waals surface area contributed by atoms with Gasteiger partial charge in [-0.05, 0) is 24.8 Å². The van der Waals surface area contributed by atoms with E-state index in [1.807, 2.05) is 0 Å². The van der Waals surface area contributed by atoms with Gasteiger partial charge in [0.05, 0.1) is 14.2 Å². The average molecular weight is 290 g/mol. The normalized spacial score (nSPS) is 13.9. The van der Waals surface area contributed by atoms with Gasteiger partial charge in [-0.25, -0.2) is 0 Å². The fourth-order valence-electron chi connectivity index (χ4n) is 2.17. The van der Waals surface area contributed by atoms with Crippen molar-refractivity contribution in [2.45, 2.75) is 19.3 Å². The minimum Gasteiger partial charge on any atom is -0.468 e. The second-order valence-corrected chi connectivity index (χ2v) is 5.14. The minimum absolute atomic E-state index is 0.166. The molecule has 1 aromatic rings. The van der Waals surface area contributed by atoms with Gasteiger partial charge in [-0.1, -0.05) is 24.3 Å². The lowest BCUT2D eigenvalue weighted by atomic mass is 9.97. The predicted molar refractivity (Wildman–Crippen MR) is 74.7 cm³/mol. The van der Waals surface area contributed by atoms with Crippen LogP contribution in [-0.4, -0.2) is 31.9 Å². The van der Waals surface area contributed by atoms with Crippen LogP contribution in [0.25, 0.3) is 0 Å². The van der Waals surface area contributed by atoms with Crippen molar-refractivity contribution in [3.63, 3.8) is 0 Å². The van der Waals surface area contributed by atoms with E-state index in [2.05, 4.69) is 9.47 Å². The van der Waals surface area contributed by atoms with E-state index in [1.165, 1.54) is 14.2 Å². The number of methoxy groups -OCH3 is 2. The van der Waals surface area contributed by atoms with Gasteiger partial charge in [0.25, 0.3) is 0 Å². The van der Waals surface area contributed by atoms with Crippen molar-refractivity contribution < 1.29 is 23.9 Å². The first kappa shape index (κ1) is 15.2. The third kappa shape index (κ3) is 3.68. The molecule has 2 rings (SSSR count). The Hall–Kier alpha value is -2.17. The number of carbonyl (C=O) groups excluding carboxylic acids is 3. The molecule has 5 heteroatoms. The molecule has 0 N–H and O–H groups in total. The molecule has 0 aromatic heterocycles. The molecular weight excluding hydrogens is 272 g/mol. The second-order valence-electron chi connectivity index (χ2n) is 5.14. The monoisotopic (exact) mass is 290 g/mol. The summed E-state index contributed by atoms with van der Waals surface area (Å²) in [5, 5.41) is 0. The number of ketones is 1. The van der Waals surface area contributed by atoms with Crippen molar-refractivity contribution in [3.05, 3.63) is 35.4 Å².